The van der Waals surface area contributed by atoms with Crippen LogP contribution in [0, 0.1) is 17.1 Å². The average Bonchev–Trinajstić information content (AvgIpc) is 3.33. The van der Waals surface area contributed by atoms with Crippen LogP contribution in [0.25, 0.3) is 10.3 Å². The highest BCUT2D eigenvalue weighted by Crippen LogP contribution is 2.28. The van der Waals surface area contributed by atoms with E-state index in [0.717, 1.165) is 17.7 Å². The number of aliphatic carboxylic acids is 2. The van der Waals surface area contributed by atoms with Crippen LogP contribution in [0.3, 0.4) is 0 Å². The third-order valence-corrected chi connectivity index (χ3v) is 4.83. The van der Waals surface area contributed by atoms with Crippen molar-refractivity contribution in [1.82, 2.24) is 19.9 Å². The summed E-state index contributed by atoms with van der Waals surface area (Å²) in [5.41, 5.74) is -1.99. The maximum absolute atomic E-state index is 14.3. The highest BCUT2D eigenvalue weighted by molar-refractivity contribution is 7.21. The van der Waals surface area contributed by atoms with Gasteiger partial charge in [-0.3, -0.25) is 4.90 Å². The van der Waals surface area contributed by atoms with Crippen molar-refractivity contribution in [2.24, 2.45) is 0 Å². The Morgan fingerprint density at radius 2 is 2.11 bits per heavy atom. The number of likely N-dealkylation sites (tertiary alicyclic amines) is 1. The molecule has 2 aromatic heterocycles. The summed E-state index contributed by atoms with van der Waals surface area (Å²) in [4.78, 5) is 31.7. The zero-order chi connectivity index (χ0) is 35.2. The molecule has 35 heavy (non-hydrogen) atoms. The monoisotopic (exact) mass is 529 g/mol. The van der Waals surface area contributed by atoms with Crippen molar-refractivity contribution in [2.75, 3.05) is 18.4 Å². The van der Waals surface area contributed by atoms with E-state index in [1.165, 1.54) is 6.07 Å². The highest BCUT2D eigenvalue weighted by Gasteiger charge is 2.21. The first-order valence-corrected chi connectivity index (χ1v) is 10.4. The quantitative estimate of drug-likeness (QED) is 0.404. The van der Waals surface area contributed by atoms with Crippen LogP contribution in [-0.4, -0.2) is 61.1 Å². The molecule has 0 saturated carbocycles. The SMILES string of the molecule is O=C(O)/C=C\C(=O)O.[2H]c1c([2H])c(C([2H])([2H])N2CC([2H])([2H])C([2H])(N([2H])c3ncnc4sc(Cl)nc34)C([2H])([2H])C2)c([2H])c(C#N)c1F. The Morgan fingerprint density at radius 3 is 2.74 bits per heavy atom. The second-order valence-corrected chi connectivity index (χ2v) is 7.72. The second kappa shape index (κ2) is 12.2. The summed E-state index contributed by atoms with van der Waals surface area (Å²) in [6, 6.07) is -4.94. The topological polar surface area (TPSA) is 152 Å². The Labute approximate surface area is 223 Å². The van der Waals surface area contributed by atoms with Crippen LogP contribution in [0.5, 0.6) is 0 Å². The number of aromatic nitrogens is 3. The van der Waals surface area contributed by atoms with Gasteiger partial charge in [0.15, 0.2) is 11.7 Å². The fourth-order valence-corrected chi connectivity index (χ4v) is 3.28. The molecule has 0 bridgehead atoms. The molecule has 3 aromatic rings. The number of hydrogen-bond donors (Lipinski definition) is 3. The molecule has 0 spiro atoms. The molecule has 13 heteroatoms. The summed E-state index contributed by atoms with van der Waals surface area (Å²) in [6.07, 6.45) is -3.91. The van der Waals surface area contributed by atoms with Crippen LogP contribution >= 0.6 is 22.9 Å². The molecule has 1 aliphatic rings. The van der Waals surface area contributed by atoms with Crippen molar-refractivity contribution < 1.29 is 39.3 Å². The fourth-order valence-electron chi connectivity index (χ4n) is 2.35. The molecule has 1 fully saturated rings. The number of halogens is 2. The summed E-state index contributed by atoms with van der Waals surface area (Å²) < 4.78 is 107. The van der Waals surface area contributed by atoms with E-state index in [0.29, 0.717) is 17.1 Å². The minimum absolute atomic E-state index is 0.0189. The second-order valence-electron chi connectivity index (χ2n) is 6.16. The van der Waals surface area contributed by atoms with Crippen molar-refractivity contribution in [3.63, 3.8) is 0 Å². The van der Waals surface area contributed by atoms with Crippen LogP contribution in [-0.2, 0) is 16.1 Å². The number of nitrogens with one attached hydrogen (secondary N) is 1. The van der Waals surface area contributed by atoms with Gasteiger partial charge in [-0.05, 0) is 30.4 Å². The van der Waals surface area contributed by atoms with Crippen molar-refractivity contribution in [3.05, 3.63) is 58.0 Å². The van der Waals surface area contributed by atoms with Gasteiger partial charge in [-0.15, -0.1) is 0 Å². The third-order valence-electron chi connectivity index (χ3n) is 3.76. The lowest BCUT2D eigenvalue weighted by molar-refractivity contribution is -0.134. The first-order valence-electron chi connectivity index (χ1n) is 14.6. The van der Waals surface area contributed by atoms with Gasteiger partial charge < -0.3 is 15.5 Å². The molecule has 1 aliphatic heterocycles. The molecule has 3 N–H and O–H groups in total. The number of piperidine rings is 1. The lowest BCUT2D eigenvalue weighted by atomic mass is 10.0. The van der Waals surface area contributed by atoms with Gasteiger partial charge in [0.1, 0.15) is 28.6 Å². The third kappa shape index (κ3) is 7.68. The molecule has 4 rings (SSSR count). The Balaban J connectivity index is 0.000000637. The predicted octanol–water partition coefficient (Wildman–Crippen LogP) is 3.54. The minimum Gasteiger partial charge on any atom is -0.478 e. The van der Waals surface area contributed by atoms with Gasteiger partial charge in [0.2, 0.25) is 0 Å². The summed E-state index contributed by atoms with van der Waals surface area (Å²) in [6.45, 7) is -5.12. The smallest absolute Gasteiger partial charge is 0.328 e. The summed E-state index contributed by atoms with van der Waals surface area (Å²) in [7, 11) is 0. The standard InChI is InChI=1S/C18H16ClFN6S.C4H4O4/c19-18-25-15-16(22-10-23-17(15)27-18)24-13-3-5-26(6-4-13)9-11-1-2-14(20)12(7-11)8-21;5-3(6)1-2-4(7)8/h1-2,7,10,13H,3-6,9H2,(H,22,23,24);1-2H,(H,5,6)(H,7,8)/b;2-1-/i1D,2D,3D2,4D2,7D,9D2,13D;/hD. The number of carbonyl (C=O) groups is 2. The van der Waals surface area contributed by atoms with Crippen molar-refractivity contribution >= 4 is 51.0 Å². The van der Waals surface area contributed by atoms with Crippen molar-refractivity contribution in [2.45, 2.75) is 25.3 Å². The Morgan fingerprint density at radius 1 is 1.43 bits per heavy atom. The summed E-state index contributed by atoms with van der Waals surface area (Å²) >= 11 is 6.84. The number of benzene rings is 1. The number of carboxylic acids is 2. The van der Waals surface area contributed by atoms with Gasteiger partial charge >= 0.3 is 11.9 Å². The lowest BCUT2D eigenvalue weighted by Gasteiger charge is -2.32. The Bertz CT molecular complexity index is 1760. The normalized spacial score (nSPS) is 23.1. The molecule has 0 atom stereocenters. The molecule has 1 saturated heterocycles. The van der Waals surface area contributed by atoms with Crippen molar-refractivity contribution in [3.8, 4) is 6.07 Å². The largest absolute Gasteiger partial charge is 0.478 e. The number of carboxylic acid groups (broad SMARTS) is 2. The molecule has 1 aromatic carbocycles. The number of fused-ring (bicyclic) bond motifs is 1. The molecular formula is C22H20ClFN6O4S. The number of hydrogen-bond acceptors (Lipinski definition) is 9. The summed E-state index contributed by atoms with van der Waals surface area (Å²) in [5.74, 6) is -4.41. The molecule has 182 valence electrons. The van der Waals surface area contributed by atoms with E-state index in [1.807, 2.05) is 0 Å². The van der Waals surface area contributed by atoms with Gasteiger partial charge in [0.05, 0.1) is 11.0 Å². The van der Waals surface area contributed by atoms with Gasteiger partial charge in [0.25, 0.3) is 0 Å². The van der Waals surface area contributed by atoms with Crippen LogP contribution in [0.15, 0.2) is 36.6 Å². The van der Waals surface area contributed by atoms with E-state index in [1.54, 1.807) is 0 Å². The molecule has 10 nitrogen and oxygen atoms in total. The molecular weight excluding hydrogens is 499 g/mol. The summed E-state index contributed by atoms with van der Waals surface area (Å²) in [5, 5.41) is 25.0. The number of nitrogens with zero attached hydrogens (tertiary/aromatic N) is 5. The van der Waals surface area contributed by atoms with Crippen LogP contribution in [0.4, 0.5) is 10.2 Å². The van der Waals surface area contributed by atoms with Crippen LogP contribution in [0.1, 0.15) is 37.6 Å². The molecule has 0 aliphatic carbocycles. The van der Waals surface area contributed by atoms with E-state index in [4.69, 9.17) is 36.9 Å². The first-order chi connectivity index (χ1) is 21.0. The zero-order valence-corrected chi connectivity index (χ0v) is 18.8. The van der Waals surface area contributed by atoms with Gasteiger partial charge in [-0.1, -0.05) is 29.0 Å². The maximum atomic E-state index is 14.3. The number of rotatable bonds is 6. The first kappa shape index (κ1) is 14.7. The fraction of sp³-hybridized carbons (Fsp3) is 0.273. The Kier molecular flexibility index (Phi) is 5.10. The number of thiazole rings is 1. The van der Waals surface area contributed by atoms with Gasteiger partial charge in [0, 0.05) is 46.0 Å². The van der Waals surface area contributed by atoms with E-state index in [9.17, 15) is 19.2 Å². The van der Waals surface area contributed by atoms with Crippen molar-refractivity contribution in [1.29, 1.82) is 5.26 Å². The van der Waals surface area contributed by atoms with Gasteiger partial charge in [-0.25, -0.2) is 28.9 Å². The van der Waals surface area contributed by atoms with Crippen LogP contribution in [0.2, 0.25) is 5.88 Å². The number of anilines is 1. The maximum Gasteiger partial charge on any atom is 0.328 e. The average molecular weight is 530 g/mol. The lowest BCUT2D eigenvalue weighted by Crippen LogP contribution is -2.38. The van der Waals surface area contributed by atoms with E-state index in [2.05, 4.69) is 15.0 Å². The molecule has 0 amide bonds. The molecule has 0 unspecified atom stereocenters. The molecule has 3 heterocycles. The van der Waals surface area contributed by atoms with E-state index < -0.39 is 91.2 Å². The van der Waals surface area contributed by atoms with Crippen LogP contribution < -0.4 is 5.31 Å². The minimum atomic E-state index is -3.05. The van der Waals surface area contributed by atoms with E-state index in [-0.39, 0.29) is 20.1 Å². The van der Waals surface area contributed by atoms with Gasteiger partial charge in [-0.2, -0.15) is 5.26 Å². The van der Waals surface area contributed by atoms with E-state index >= 15 is 0 Å². The predicted molar refractivity (Wildman–Crippen MR) is 128 cm³/mol. The Hall–Kier alpha value is -3.66. The zero-order valence-electron chi connectivity index (χ0n) is 28.2. The molecule has 0 radical (unpaired) electrons. The highest BCUT2D eigenvalue weighted by atomic mass is 35.5. The number of nitriles is 1.